The number of carbonyl (C=O) groups excluding carboxylic acids is 2. The van der Waals surface area contributed by atoms with E-state index in [1.807, 2.05) is 0 Å². The Bertz CT molecular complexity index is 289. The number of rotatable bonds is 5. The minimum Gasteiger partial charge on any atom is -0.466 e. The molecule has 1 fully saturated rings. The van der Waals surface area contributed by atoms with E-state index >= 15 is 0 Å². The van der Waals surface area contributed by atoms with Crippen molar-refractivity contribution in [2.75, 3.05) is 6.61 Å². The van der Waals surface area contributed by atoms with Gasteiger partial charge in [0.05, 0.1) is 13.0 Å². The highest BCUT2D eigenvalue weighted by atomic mass is 16.5. The SMILES string of the molecule is CCOC(=O)CCC(=O)NC1CCC(C)(C)CC1. The van der Waals surface area contributed by atoms with Crippen LogP contribution in [0.3, 0.4) is 0 Å². The van der Waals surface area contributed by atoms with Crippen LogP contribution in [0, 0.1) is 5.41 Å². The second-order valence-corrected chi connectivity index (χ2v) is 5.81. The fourth-order valence-electron chi connectivity index (χ4n) is 2.29. The molecule has 4 nitrogen and oxygen atoms in total. The van der Waals surface area contributed by atoms with Crippen molar-refractivity contribution in [1.82, 2.24) is 5.32 Å². The minimum absolute atomic E-state index is 0.0345. The van der Waals surface area contributed by atoms with Gasteiger partial charge in [-0.2, -0.15) is 0 Å². The van der Waals surface area contributed by atoms with Crippen molar-refractivity contribution in [2.45, 2.75) is 65.3 Å². The fourth-order valence-corrected chi connectivity index (χ4v) is 2.29. The van der Waals surface area contributed by atoms with Gasteiger partial charge in [-0.1, -0.05) is 13.8 Å². The summed E-state index contributed by atoms with van der Waals surface area (Å²) in [5.74, 6) is -0.329. The van der Waals surface area contributed by atoms with Gasteiger partial charge in [0.1, 0.15) is 0 Å². The van der Waals surface area contributed by atoms with E-state index < -0.39 is 0 Å². The summed E-state index contributed by atoms with van der Waals surface area (Å²) >= 11 is 0. The average molecular weight is 255 g/mol. The smallest absolute Gasteiger partial charge is 0.306 e. The summed E-state index contributed by atoms with van der Waals surface area (Å²) < 4.78 is 4.79. The molecule has 4 heteroatoms. The number of ether oxygens (including phenoxy) is 1. The molecular weight excluding hydrogens is 230 g/mol. The topological polar surface area (TPSA) is 55.4 Å². The molecule has 1 amide bonds. The van der Waals surface area contributed by atoms with E-state index in [1.54, 1.807) is 6.92 Å². The van der Waals surface area contributed by atoms with E-state index in [4.69, 9.17) is 4.74 Å². The van der Waals surface area contributed by atoms with Crippen LogP contribution in [-0.4, -0.2) is 24.5 Å². The molecular formula is C14H25NO3. The molecule has 0 bridgehead atoms. The van der Waals surface area contributed by atoms with Crippen LogP contribution < -0.4 is 5.32 Å². The highest BCUT2D eigenvalue weighted by molar-refractivity contribution is 5.81. The molecule has 18 heavy (non-hydrogen) atoms. The Balaban J connectivity index is 2.19. The summed E-state index contributed by atoms with van der Waals surface area (Å²) in [4.78, 5) is 22.8. The number of esters is 1. The van der Waals surface area contributed by atoms with Gasteiger partial charge in [0.2, 0.25) is 5.91 Å². The molecule has 1 aliphatic rings. The van der Waals surface area contributed by atoms with E-state index in [0.29, 0.717) is 12.0 Å². The molecule has 0 aromatic carbocycles. The van der Waals surface area contributed by atoms with E-state index in [2.05, 4.69) is 19.2 Å². The molecule has 1 saturated carbocycles. The molecule has 0 aromatic rings. The Morgan fingerprint density at radius 2 is 1.83 bits per heavy atom. The lowest BCUT2D eigenvalue weighted by Gasteiger charge is -2.34. The molecule has 0 radical (unpaired) electrons. The molecule has 0 atom stereocenters. The Morgan fingerprint density at radius 1 is 1.22 bits per heavy atom. The molecule has 0 unspecified atom stereocenters. The second-order valence-electron chi connectivity index (χ2n) is 5.81. The molecule has 1 N–H and O–H groups in total. The summed E-state index contributed by atoms with van der Waals surface area (Å²) in [5, 5.41) is 3.01. The van der Waals surface area contributed by atoms with Crippen LogP contribution in [-0.2, 0) is 14.3 Å². The maximum Gasteiger partial charge on any atom is 0.306 e. The number of hydrogen-bond donors (Lipinski definition) is 1. The van der Waals surface area contributed by atoms with Crippen LogP contribution in [0.15, 0.2) is 0 Å². The van der Waals surface area contributed by atoms with Crippen LogP contribution in [0.4, 0.5) is 0 Å². The summed E-state index contributed by atoms with van der Waals surface area (Å²) in [6.07, 6.45) is 4.79. The third-order valence-electron chi connectivity index (χ3n) is 3.57. The average Bonchev–Trinajstić information content (AvgIpc) is 2.30. The van der Waals surface area contributed by atoms with E-state index in [9.17, 15) is 9.59 Å². The van der Waals surface area contributed by atoms with Crippen LogP contribution in [0.2, 0.25) is 0 Å². The van der Waals surface area contributed by atoms with E-state index in [-0.39, 0.29) is 30.8 Å². The first kappa shape index (κ1) is 15.0. The van der Waals surface area contributed by atoms with Gasteiger partial charge >= 0.3 is 5.97 Å². The number of hydrogen-bond acceptors (Lipinski definition) is 3. The third kappa shape index (κ3) is 5.52. The Labute approximate surface area is 109 Å². The van der Waals surface area contributed by atoms with Crippen molar-refractivity contribution in [1.29, 1.82) is 0 Å². The zero-order valence-corrected chi connectivity index (χ0v) is 11.8. The fraction of sp³-hybridized carbons (Fsp3) is 0.857. The van der Waals surface area contributed by atoms with Gasteiger partial charge in [-0.05, 0) is 38.0 Å². The highest BCUT2D eigenvalue weighted by Crippen LogP contribution is 2.34. The van der Waals surface area contributed by atoms with Crippen molar-refractivity contribution < 1.29 is 14.3 Å². The van der Waals surface area contributed by atoms with Crippen molar-refractivity contribution >= 4 is 11.9 Å². The van der Waals surface area contributed by atoms with Gasteiger partial charge < -0.3 is 10.1 Å². The lowest BCUT2D eigenvalue weighted by molar-refractivity contribution is -0.144. The monoisotopic (exact) mass is 255 g/mol. The maximum atomic E-state index is 11.7. The maximum absolute atomic E-state index is 11.7. The van der Waals surface area contributed by atoms with Gasteiger partial charge in [-0.25, -0.2) is 0 Å². The predicted molar refractivity (Wildman–Crippen MR) is 70.0 cm³/mol. The van der Waals surface area contributed by atoms with Gasteiger partial charge in [-0.15, -0.1) is 0 Å². The van der Waals surface area contributed by atoms with Crippen LogP contribution in [0.1, 0.15) is 59.3 Å². The lowest BCUT2D eigenvalue weighted by Crippen LogP contribution is -2.39. The predicted octanol–water partition coefficient (Wildman–Crippen LogP) is 2.41. The number of carbonyl (C=O) groups is 2. The summed E-state index contributed by atoms with van der Waals surface area (Å²) in [5.41, 5.74) is 0.409. The van der Waals surface area contributed by atoms with Gasteiger partial charge in [0.15, 0.2) is 0 Å². The Morgan fingerprint density at radius 3 is 2.39 bits per heavy atom. The summed E-state index contributed by atoms with van der Waals surface area (Å²) in [7, 11) is 0. The molecule has 0 aliphatic heterocycles. The standard InChI is InChI=1S/C14H25NO3/c1-4-18-13(17)6-5-12(16)15-11-7-9-14(2,3)10-8-11/h11H,4-10H2,1-3H3,(H,15,16). The molecule has 0 spiro atoms. The van der Waals surface area contributed by atoms with Crippen LogP contribution in [0.25, 0.3) is 0 Å². The van der Waals surface area contributed by atoms with Crippen molar-refractivity contribution in [2.24, 2.45) is 5.41 Å². The van der Waals surface area contributed by atoms with Gasteiger partial charge in [0.25, 0.3) is 0 Å². The van der Waals surface area contributed by atoms with Crippen molar-refractivity contribution in [3.63, 3.8) is 0 Å². The highest BCUT2D eigenvalue weighted by Gasteiger charge is 2.27. The van der Waals surface area contributed by atoms with Crippen LogP contribution in [0.5, 0.6) is 0 Å². The molecule has 0 aromatic heterocycles. The Hall–Kier alpha value is -1.06. The number of amides is 1. The van der Waals surface area contributed by atoms with E-state index in [0.717, 1.165) is 25.7 Å². The second kappa shape index (κ2) is 6.76. The molecule has 0 heterocycles. The zero-order chi connectivity index (χ0) is 13.6. The van der Waals surface area contributed by atoms with Gasteiger partial charge in [0, 0.05) is 12.5 Å². The molecule has 1 rings (SSSR count). The third-order valence-corrected chi connectivity index (χ3v) is 3.57. The van der Waals surface area contributed by atoms with Crippen molar-refractivity contribution in [3.05, 3.63) is 0 Å². The molecule has 1 aliphatic carbocycles. The van der Waals surface area contributed by atoms with Gasteiger partial charge in [-0.3, -0.25) is 9.59 Å². The quantitative estimate of drug-likeness (QED) is 0.768. The normalized spacial score (nSPS) is 19.3. The summed E-state index contributed by atoms with van der Waals surface area (Å²) in [6.45, 7) is 6.68. The minimum atomic E-state index is -0.294. The first-order valence-corrected chi connectivity index (χ1v) is 6.88. The number of nitrogens with one attached hydrogen (secondary N) is 1. The first-order chi connectivity index (χ1) is 8.43. The molecule has 0 saturated heterocycles. The largest absolute Gasteiger partial charge is 0.466 e. The van der Waals surface area contributed by atoms with Crippen molar-refractivity contribution in [3.8, 4) is 0 Å². The first-order valence-electron chi connectivity index (χ1n) is 6.88. The zero-order valence-electron chi connectivity index (χ0n) is 11.8. The lowest BCUT2D eigenvalue weighted by atomic mass is 9.75. The Kier molecular flexibility index (Phi) is 5.63. The van der Waals surface area contributed by atoms with E-state index in [1.165, 1.54) is 0 Å². The summed E-state index contributed by atoms with van der Waals surface area (Å²) in [6, 6.07) is 0.285. The van der Waals surface area contributed by atoms with Crippen LogP contribution >= 0.6 is 0 Å². The molecule has 104 valence electrons.